The van der Waals surface area contributed by atoms with Crippen molar-refractivity contribution < 1.29 is 17.9 Å². The summed E-state index contributed by atoms with van der Waals surface area (Å²) in [7, 11) is -2.00. The van der Waals surface area contributed by atoms with E-state index in [-0.39, 0.29) is 17.3 Å². The lowest BCUT2D eigenvalue weighted by Gasteiger charge is -2.33. The molecule has 1 saturated heterocycles. The number of ether oxygens (including phenoxy) is 1. The molecule has 0 unspecified atom stereocenters. The fourth-order valence-electron chi connectivity index (χ4n) is 3.29. The number of carbonyl (C=O) groups is 1. The zero-order chi connectivity index (χ0) is 20.9. The van der Waals surface area contributed by atoms with E-state index in [1.165, 1.54) is 4.31 Å². The molecule has 2 aromatic carbocycles. The molecule has 0 aliphatic carbocycles. The van der Waals surface area contributed by atoms with Gasteiger partial charge in [-0.25, -0.2) is 8.42 Å². The molecule has 0 radical (unpaired) electrons. The first-order valence-corrected chi connectivity index (χ1v) is 11.0. The zero-order valence-corrected chi connectivity index (χ0v) is 17.6. The molecule has 7 nitrogen and oxygen atoms in total. The fraction of sp³-hybridized carbons (Fsp3) is 0.381. The lowest BCUT2D eigenvalue weighted by atomic mass is 10.1. The normalized spacial score (nSPS) is 15.8. The van der Waals surface area contributed by atoms with E-state index in [0.717, 1.165) is 11.1 Å². The fourth-order valence-corrected chi connectivity index (χ4v) is 4.71. The van der Waals surface area contributed by atoms with E-state index in [0.29, 0.717) is 38.5 Å². The summed E-state index contributed by atoms with van der Waals surface area (Å²) in [5.41, 5.74) is 2.24. The van der Waals surface area contributed by atoms with E-state index >= 15 is 0 Å². The molecule has 1 amide bonds. The number of amides is 1. The first-order chi connectivity index (χ1) is 13.9. The minimum absolute atomic E-state index is 0.0558. The Bertz CT molecular complexity index is 937. The summed E-state index contributed by atoms with van der Waals surface area (Å²) in [5.74, 6) is 0.560. The number of benzene rings is 2. The summed E-state index contributed by atoms with van der Waals surface area (Å²) in [6.45, 7) is 4.54. The van der Waals surface area contributed by atoms with E-state index in [9.17, 15) is 13.2 Å². The van der Waals surface area contributed by atoms with Gasteiger partial charge in [-0.1, -0.05) is 24.3 Å². The van der Waals surface area contributed by atoms with Gasteiger partial charge in [0.1, 0.15) is 5.75 Å². The molecule has 0 aromatic heterocycles. The van der Waals surface area contributed by atoms with Gasteiger partial charge < -0.3 is 10.1 Å². The molecule has 1 fully saturated rings. The van der Waals surface area contributed by atoms with Crippen LogP contribution in [0.3, 0.4) is 0 Å². The predicted octanol–water partition coefficient (Wildman–Crippen LogP) is 1.63. The van der Waals surface area contributed by atoms with Gasteiger partial charge in [0.05, 0.1) is 18.6 Å². The molecular formula is C21H27N3O4S. The number of rotatable bonds is 7. The molecule has 156 valence electrons. The highest BCUT2D eigenvalue weighted by Crippen LogP contribution is 2.20. The third-order valence-electron chi connectivity index (χ3n) is 5.13. The molecule has 8 heteroatoms. The summed E-state index contributed by atoms with van der Waals surface area (Å²) < 4.78 is 32.1. The quantitative estimate of drug-likeness (QED) is 0.741. The smallest absolute Gasteiger partial charge is 0.243 e. The Morgan fingerprint density at radius 2 is 1.69 bits per heavy atom. The molecule has 1 aliphatic rings. The molecule has 0 atom stereocenters. The van der Waals surface area contributed by atoms with Crippen LogP contribution in [0.4, 0.5) is 0 Å². The van der Waals surface area contributed by atoms with Gasteiger partial charge in [-0.3, -0.25) is 9.69 Å². The Balaban J connectivity index is 1.49. The van der Waals surface area contributed by atoms with Crippen molar-refractivity contribution in [1.29, 1.82) is 0 Å². The van der Waals surface area contributed by atoms with Crippen LogP contribution < -0.4 is 10.1 Å². The number of nitrogens with zero attached hydrogens (tertiary/aromatic N) is 2. The van der Waals surface area contributed by atoms with Crippen molar-refractivity contribution >= 4 is 15.9 Å². The molecule has 0 saturated carbocycles. The molecule has 2 aromatic rings. The second-order valence-corrected chi connectivity index (χ2v) is 9.00. The Hall–Kier alpha value is -2.42. The van der Waals surface area contributed by atoms with Gasteiger partial charge in [-0.15, -0.1) is 0 Å². The lowest BCUT2D eigenvalue weighted by Crippen LogP contribution is -2.50. The second kappa shape index (κ2) is 9.39. The summed E-state index contributed by atoms with van der Waals surface area (Å²) in [6.07, 6.45) is 0. The molecule has 29 heavy (non-hydrogen) atoms. The Labute approximate surface area is 172 Å². The van der Waals surface area contributed by atoms with Crippen molar-refractivity contribution in [3.63, 3.8) is 0 Å². The maximum absolute atomic E-state index is 12.8. The van der Waals surface area contributed by atoms with Crippen molar-refractivity contribution in [2.75, 3.05) is 39.8 Å². The number of nitrogens with one attached hydrogen (secondary N) is 1. The zero-order valence-electron chi connectivity index (χ0n) is 16.8. The highest BCUT2D eigenvalue weighted by Gasteiger charge is 2.29. The van der Waals surface area contributed by atoms with Gasteiger partial charge in [-0.2, -0.15) is 4.31 Å². The van der Waals surface area contributed by atoms with E-state index in [2.05, 4.69) is 5.32 Å². The minimum Gasteiger partial charge on any atom is -0.497 e. The van der Waals surface area contributed by atoms with E-state index in [1.807, 2.05) is 36.1 Å². The average Bonchev–Trinajstić information content (AvgIpc) is 2.73. The summed E-state index contributed by atoms with van der Waals surface area (Å²) in [5, 5.41) is 2.94. The van der Waals surface area contributed by atoms with Crippen LogP contribution in [0.15, 0.2) is 53.4 Å². The number of carbonyl (C=O) groups excluding carboxylic acids is 1. The number of piperazine rings is 1. The minimum atomic E-state index is -3.54. The van der Waals surface area contributed by atoms with Crippen LogP contribution in [0.1, 0.15) is 11.1 Å². The number of methoxy groups -OCH3 is 1. The van der Waals surface area contributed by atoms with Crippen molar-refractivity contribution in [3.8, 4) is 5.75 Å². The highest BCUT2D eigenvalue weighted by molar-refractivity contribution is 7.89. The first-order valence-electron chi connectivity index (χ1n) is 9.58. The second-order valence-electron chi connectivity index (χ2n) is 7.06. The molecule has 0 spiro atoms. The monoisotopic (exact) mass is 417 g/mol. The van der Waals surface area contributed by atoms with Gasteiger partial charge in [0.15, 0.2) is 0 Å². The van der Waals surface area contributed by atoms with Crippen LogP contribution in [-0.2, 0) is 21.4 Å². The van der Waals surface area contributed by atoms with Crippen LogP contribution in [0, 0.1) is 6.92 Å². The van der Waals surface area contributed by atoms with Gasteiger partial charge in [0.2, 0.25) is 15.9 Å². The van der Waals surface area contributed by atoms with Crippen LogP contribution >= 0.6 is 0 Å². The highest BCUT2D eigenvalue weighted by atomic mass is 32.2. The third-order valence-corrected chi connectivity index (χ3v) is 7.05. The van der Waals surface area contributed by atoms with Crippen molar-refractivity contribution in [2.45, 2.75) is 18.4 Å². The summed E-state index contributed by atoms with van der Waals surface area (Å²) in [6, 6.07) is 14.3. The number of hydrogen-bond donors (Lipinski definition) is 1. The standard InChI is InChI=1S/C21H27N3O4S/c1-17-5-3-4-6-18(17)15-22-21(25)16-23-11-13-24(14-12-23)29(26,27)20-9-7-19(28-2)8-10-20/h3-10H,11-16H2,1-2H3,(H,22,25). The first kappa shape index (κ1) is 21.3. The largest absolute Gasteiger partial charge is 0.497 e. The molecule has 1 heterocycles. The van der Waals surface area contributed by atoms with E-state index in [1.54, 1.807) is 31.4 Å². The van der Waals surface area contributed by atoms with Gasteiger partial charge in [-0.05, 0) is 42.3 Å². The lowest BCUT2D eigenvalue weighted by molar-refractivity contribution is -0.122. The Kier molecular flexibility index (Phi) is 6.89. The molecule has 0 bridgehead atoms. The maximum atomic E-state index is 12.8. The molecular weight excluding hydrogens is 390 g/mol. The average molecular weight is 418 g/mol. The molecule has 3 rings (SSSR count). The SMILES string of the molecule is COc1ccc(S(=O)(=O)N2CCN(CC(=O)NCc3ccccc3C)CC2)cc1. The van der Waals surface area contributed by atoms with Crippen molar-refractivity contribution in [3.05, 3.63) is 59.7 Å². The van der Waals surface area contributed by atoms with Gasteiger partial charge >= 0.3 is 0 Å². The molecule has 1 aliphatic heterocycles. The van der Waals surface area contributed by atoms with E-state index < -0.39 is 10.0 Å². The number of aryl methyl sites for hydroxylation is 1. The van der Waals surface area contributed by atoms with Crippen LogP contribution in [0.2, 0.25) is 0 Å². The topological polar surface area (TPSA) is 79.0 Å². The summed E-state index contributed by atoms with van der Waals surface area (Å²) >= 11 is 0. The van der Waals surface area contributed by atoms with Crippen LogP contribution in [0.5, 0.6) is 5.75 Å². The summed E-state index contributed by atoms with van der Waals surface area (Å²) in [4.78, 5) is 14.5. The third kappa shape index (κ3) is 5.35. The van der Waals surface area contributed by atoms with Gasteiger partial charge in [0.25, 0.3) is 0 Å². The predicted molar refractivity (Wildman–Crippen MR) is 111 cm³/mol. The van der Waals surface area contributed by atoms with Crippen molar-refractivity contribution in [2.24, 2.45) is 0 Å². The van der Waals surface area contributed by atoms with E-state index in [4.69, 9.17) is 4.74 Å². The maximum Gasteiger partial charge on any atom is 0.243 e. The van der Waals surface area contributed by atoms with Crippen molar-refractivity contribution in [1.82, 2.24) is 14.5 Å². The van der Waals surface area contributed by atoms with Crippen LogP contribution in [0.25, 0.3) is 0 Å². The Morgan fingerprint density at radius 3 is 2.31 bits per heavy atom. The number of sulfonamides is 1. The van der Waals surface area contributed by atoms with Crippen LogP contribution in [-0.4, -0.2) is 63.4 Å². The Morgan fingerprint density at radius 1 is 1.03 bits per heavy atom. The van der Waals surface area contributed by atoms with Gasteiger partial charge in [0, 0.05) is 32.7 Å². The number of hydrogen-bond acceptors (Lipinski definition) is 5. The molecule has 1 N–H and O–H groups in total.